The number of aryl methyl sites for hydroxylation is 2. The summed E-state index contributed by atoms with van der Waals surface area (Å²) in [6.45, 7) is 1.79. The SMILES string of the molecule is Cc1cn([C@H]2C[C@H](OP(=O)(O)OC[C@H]3O[C@@H](n4cc(C)c(=O)[nH]c4=O)C[C@@H]3O)[C@@H](CO)O2)c(=O)[nH]c1=O. The maximum absolute atomic E-state index is 12.6. The van der Waals surface area contributed by atoms with E-state index in [9.17, 15) is 38.8 Å². The molecule has 204 valence electrons. The lowest BCUT2D eigenvalue weighted by Crippen LogP contribution is -2.33. The van der Waals surface area contributed by atoms with Gasteiger partial charge < -0.3 is 24.6 Å². The summed E-state index contributed by atoms with van der Waals surface area (Å²) in [6.07, 6.45) is -4.07. The van der Waals surface area contributed by atoms with Crippen LogP contribution in [0.4, 0.5) is 0 Å². The smallest absolute Gasteiger partial charge is 0.394 e. The molecule has 16 nitrogen and oxygen atoms in total. The molecule has 2 aromatic heterocycles. The highest BCUT2D eigenvalue weighted by atomic mass is 31.2. The van der Waals surface area contributed by atoms with Crippen molar-refractivity contribution in [3.05, 3.63) is 65.2 Å². The summed E-state index contributed by atoms with van der Waals surface area (Å²) in [4.78, 5) is 61.9. The number of aliphatic hydroxyl groups is 2. The van der Waals surface area contributed by atoms with Crippen LogP contribution < -0.4 is 22.5 Å². The maximum atomic E-state index is 12.6. The minimum Gasteiger partial charge on any atom is -0.394 e. The van der Waals surface area contributed by atoms with Crippen molar-refractivity contribution >= 4 is 7.82 Å². The number of hydrogen-bond acceptors (Lipinski definition) is 11. The fraction of sp³-hybridized carbons (Fsp3) is 0.600. The molecule has 4 heterocycles. The van der Waals surface area contributed by atoms with Crippen molar-refractivity contribution in [2.45, 2.75) is 63.6 Å². The van der Waals surface area contributed by atoms with E-state index in [1.807, 2.05) is 0 Å². The Hall–Kier alpha value is -2.69. The van der Waals surface area contributed by atoms with Crippen LogP contribution >= 0.6 is 7.82 Å². The van der Waals surface area contributed by atoms with Gasteiger partial charge in [-0.3, -0.25) is 37.7 Å². The minimum atomic E-state index is -4.78. The third-order valence-corrected chi connectivity index (χ3v) is 7.16. The molecule has 0 spiro atoms. The first-order valence-corrected chi connectivity index (χ1v) is 12.8. The molecule has 1 unspecified atom stereocenters. The van der Waals surface area contributed by atoms with Crippen LogP contribution in [0.1, 0.15) is 36.4 Å². The number of aromatic nitrogens is 4. The number of rotatable bonds is 8. The number of phosphoric ester groups is 1. The Kier molecular flexibility index (Phi) is 7.83. The molecule has 0 aliphatic carbocycles. The van der Waals surface area contributed by atoms with Gasteiger partial charge in [0.05, 0.1) is 19.3 Å². The topological polar surface area (TPSA) is 224 Å². The van der Waals surface area contributed by atoms with Gasteiger partial charge in [-0.15, -0.1) is 0 Å². The fourth-order valence-corrected chi connectivity index (χ4v) is 5.11. The van der Waals surface area contributed by atoms with Crippen LogP contribution in [0.2, 0.25) is 0 Å². The van der Waals surface area contributed by atoms with Gasteiger partial charge in [0.15, 0.2) is 0 Å². The van der Waals surface area contributed by atoms with Gasteiger partial charge >= 0.3 is 19.2 Å². The molecule has 7 atom stereocenters. The van der Waals surface area contributed by atoms with E-state index < -0.39 is 80.4 Å². The molecule has 2 fully saturated rings. The van der Waals surface area contributed by atoms with Crippen molar-refractivity contribution in [1.82, 2.24) is 19.1 Å². The summed E-state index contributed by atoms with van der Waals surface area (Å²) in [5.41, 5.74) is -2.15. The molecular weight excluding hydrogens is 519 g/mol. The van der Waals surface area contributed by atoms with Crippen LogP contribution in [-0.4, -0.2) is 71.8 Å². The van der Waals surface area contributed by atoms with Crippen LogP contribution in [0.15, 0.2) is 31.6 Å². The molecule has 2 aliphatic heterocycles. The number of aromatic amines is 2. The van der Waals surface area contributed by atoms with E-state index in [0.29, 0.717) is 0 Å². The fourth-order valence-electron chi connectivity index (χ4n) is 4.15. The molecule has 2 aliphatic rings. The summed E-state index contributed by atoms with van der Waals surface area (Å²) >= 11 is 0. The van der Waals surface area contributed by atoms with E-state index >= 15 is 0 Å². The van der Waals surface area contributed by atoms with Crippen LogP contribution in [-0.2, 0) is 23.1 Å². The lowest BCUT2D eigenvalue weighted by atomic mass is 10.2. The van der Waals surface area contributed by atoms with Crippen molar-refractivity contribution in [3.8, 4) is 0 Å². The standard InChI is InChI=1S/C20H27N4O12P/c1-9-5-23(19(29)21-17(9)27)15-3-11(26)14(35-15)8-33-37(31,32)36-12-4-16(34-13(12)7-25)24-6-10(2)18(28)22-20(24)30/h5-6,11-16,25-26H,3-4,7-8H2,1-2H3,(H,31,32)(H,21,27,29)(H,22,28,30)/t11-,12-,13+,14+,15+,16+/m0/s1. The molecule has 37 heavy (non-hydrogen) atoms. The molecule has 0 bridgehead atoms. The Balaban J connectivity index is 1.39. The van der Waals surface area contributed by atoms with Crippen molar-refractivity contribution < 1.29 is 38.2 Å². The molecule has 0 aromatic carbocycles. The van der Waals surface area contributed by atoms with E-state index in [1.54, 1.807) is 0 Å². The third-order valence-electron chi connectivity index (χ3n) is 6.15. The van der Waals surface area contributed by atoms with Crippen molar-refractivity contribution in [3.63, 3.8) is 0 Å². The normalized spacial score (nSPS) is 29.4. The largest absolute Gasteiger partial charge is 0.472 e. The number of aliphatic hydroxyl groups excluding tert-OH is 2. The molecular formula is C20H27N4O12P. The average molecular weight is 546 g/mol. The van der Waals surface area contributed by atoms with Crippen LogP contribution in [0.5, 0.6) is 0 Å². The first-order chi connectivity index (χ1) is 17.4. The summed E-state index contributed by atoms with van der Waals surface area (Å²) in [7, 11) is -4.78. The molecule has 2 saturated heterocycles. The predicted molar refractivity (Wildman–Crippen MR) is 123 cm³/mol. The Morgan fingerprint density at radius 1 is 0.973 bits per heavy atom. The van der Waals surface area contributed by atoms with Crippen molar-refractivity contribution in [2.24, 2.45) is 0 Å². The highest BCUT2D eigenvalue weighted by molar-refractivity contribution is 7.47. The second-order valence-corrected chi connectivity index (χ2v) is 10.3. The number of nitrogens with zero attached hydrogens (tertiary/aromatic N) is 2. The maximum Gasteiger partial charge on any atom is 0.472 e. The highest BCUT2D eigenvalue weighted by Gasteiger charge is 2.43. The predicted octanol–water partition coefficient (Wildman–Crippen LogP) is -1.87. The van der Waals surface area contributed by atoms with Crippen LogP contribution in [0.25, 0.3) is 0 Å². The van der Waals surface area contributed by atoms with E-state index in [-0.39, 0.29) is 24.0 Å². The summed E-state index contributed by atoms with van der Waals surface area (Å²) in [6, 6.07) is 0. The van der Waals surface area contributed by atoms with Gasteiger partial charge in [0.1, 0.15) is 30.8 Å². The van der Waals surface area contributed by atoms with Crippen molar-refractivity contribution in [1.29, 1.82) is 0 Å². The van der Waals surface area contributed by atoms with Gasteiger partial charge in [-0.2, -0.15) is 0 Å². The molecule has 0 saturated carbocycles. The first-order valence-electron chi connectivity index (χ1n) is 11.3. The zero-order chi connectivity index (χ0) is 27.1. The molecule has 0 radical (unpaired) electrons. The van der Waals surface area contributed by atoms with Gasteiger partial charge in [0.2, 0.25) is 0 Å². The van der Waals surface area contributed by atoms with Crippen molar-refractivity contribution in [2.75, 3.05) is 13.2 Å². The molecule has 2 aromatic rings. The zero-order valence-corrected chi connectivity index (χ0v) is 20.7. The second kappa shape index (κ2) is 10.6. The number of nitrogens with one attached hydrogen (secondary N) is 2. The van der Waals surface area contributed by atoms with Gasteiger partial charge in [0.25, 0.3) is 11.1 Å². The molecule has 17 heteroatoms. The number of hydrogen-bond donors (Lipinski definition) is 5. The Morgan fingerprint density at radius 3 is 2.03 bits per heavy atom. The Bertz CT molecular complexity index is 1430. The summed E-state index contributed by atoms with van der Waals surface area (Å²) in [5.74, 6) is 0. The average Bonchev–Trinajstić information content (AvgIpc) is 3.39. The zero-order valence-electron chi connectivity index (χ0n) is 19.8. The number of H-pyrrole nitrogens is 2. The van der Waals surface area contributed by atoms with E-state index in [2.05, 4.69) is 9.97 Å². The first kappa shape index (κ1) is 27.3. The molecule has 0 amide bonds. The summed E-state index contributed by atoms with van der Waals surface area (Å²) < 4.78 is 36.2. The highest BCUT2D eigenvalue weighted by Crippen LogP contribution is 2.48. The molecule has 5 N–H and O–H groups in total. The quantitative estimate of drug-likeness (QED) is 0.230. The lowest BCUT2D eigenvalue weighted by molar-refractivity contribution is -0.0576. The minimum absolute atomic E-state index is 0.0475. The van der Waals surface area contributed by atoms with Gasteiger partial charge in [-0.25, -0.2) is 14.2 Å². The van der Waals surface area contributed by atoms with E-state index in [4.69, 9.17) is 18.5 Å². The Labute approximate surface area is 207 Å². The van der Waals surface area contributed by atoms with Gasteiger partial charge in [0, 0.05) is 36.4 Å². The second-order valence-electron chi connectivity index (χ2n) is 8.85. The Morgan fingerprint density at radius 2 is 1.49 bits per heavy atom. The third kappa shape index (κ3) is 5.91. The number of phosphoric acid groups is 1. The van der Waals surface area contributed by atoms with Gasteiger partial charge in [-0.1, -0.05) is 0 Å². The monoisotopic (exact) mass is 546 g/mol. The van der Waals surface area contributed by atoms with Crippen LogP contribution in [0.3, 0.4) is 0 Å². The van der Waals surface area contributed by atoms with E-state index in [1.165, 1.54) is 26.2 Å². The lowest BCUT2D eigenvalue weighted by Gasteiger charge is -2.22. The van der Waals surface area contributed by atoms with Crippen LogP contribution in [0, 0.1) is 13.8 Å². The summed E-state index contributed by atoms with van der Waals surface area (Å²) in [5, 5.41) is 19.9. The molecule has 4 rings (SSSR count). The van der Waals surface area contributed by atoms with E-state index in [0.717, 1.165) is 9.13 Å². The van der Waals surface area contributed by atoms with Gasteiger partial charge in [-0.05, 0) is 13.8 Å². The number of ether oxygens (including phenoxy) is 2.